The molecule has 0 saturated carbocycles. The van der Waals surface area contributed by atoms with Crippen molar-refractivity contribution in [3.8, 4) is 0 Å². The van der Waals surface area contributed by atoms with Crippen molar-refractivity contribution in [2.24, 2.45) is 0 Å². The summed E-state index contributed by atoms with van der Waals surface area (Å²) < 4.78 is 3.20. The van der Waals surface area contributed by atoms with Crippen LogP contribution in [0.25, 0.3) is 5.52 Å². The van der Waals surface area contributed by atoms with Gasteiger partial charge in [-0.05, 0) is 13.0 Å². The number of hydrogen-bond donors (Lipinski definition) is 1. The smallest absolute Gasteiger partial charge is 0.276 e. The Morgan fingerprint density at radius 1 is 1.37 bits per heavy atom. The number of aromatic nitrogens is 5. The average Bonchev–Trinajstić information content (AvgIpc) is 2.99. The van der Waals surface area contributed by atoms with Gasteiger partial charge in [0, 0.05) is 19.4 Å². The van der Waals surface area contributed by atoms with Gasteiger partial charge in [-0.1, -0.05) is 11.3 Å². The Hall–Kier alpha value is -2.22. The Labute approximate surface area is 112 Å². The highest BCUT2D eigenvalue weighted by molar-refractivity contribution is 7.15. The Morgan fingerprint density at radius 2 is 2.21 bits per heavy atom. The first-order chi connectivity index (χ1) is 9.17. The van der Waals surface area contributed by atoms with Crippen molar-refractivity contribution in [1.82, 2.24) is 24.4 Å². The highest BCUT2D eigenvalue weighted by Gasteiger charge is 2.08. The van der Waals surface area contributed by atoms with Gasteiger partial charge in [-0.3, -0.25) is 4.79 Å². The second-order valence-electron chi connectivity index (χ2n) is 4.10. The molecule has 0 spiro atoms. The molecule has 0 aliphatic rings. The normalized spacial score (nSPS) is 11.1. The van der Waals surface area contributed by atoms with Crippen molar-refractivity contribution < 1.29 is 0 Å². The van der Waals surface area contributed by atoms with E-state index in [1.807, 2.05) is 6.92 Å². The van der Waals surface area contributed by atoms with Crippen molar-refractivity contribution in [1.29, 1.82) is 0 Å². The topological polar surface area (TPSA) is 77.1 Å². The molecule has 3 rings (SSSR count). The number of nitrogens with one attached hydrogen (secondary N) is 1. The van der Waals surface area contributed by atoms with E-state index in [1.54, 1.807) is 34.6 Å². The predicted molar refractivity (Wildman–Crippen MR) is 72.7 cm³/mol. The molecule has 98 valence electrons. The van der Waals surface area contributed by atoms with E-state index in [-0.39, 0.29) is 5.56 Å². The van der Waals surface area contributed by atoms with E-state index in [1.165, 1.54) is 11.3 Å². The van der Waals surface area contributed by atoms with Gasteiger partial charge in [0.1, 0.15) is 10.5 Å². The largest absolute Gasteiger partial charge is 0.363 e. The summed E-state index contributed by atoms with van der Waals surface area (Å²) in [5.74, 6) is 0. The Balaban J connectivity index is 2.00. The summed E-state index contributed by atoms with van der Waals surface area (Å²) in [5.41, 5.74) is 1.31. The van der Waals surface area contributed by atoms with E-state index in [0.29, 0.717) is 12.1 Å². The van der Waals surface area contributed by atoms with Crippen LogP contribution in [0, 0.1) is 6.92 Å². The quantitative estimate of drug-likeness (QED) is 0.763. The molecule has 3 aromatic rings. The van der Waals surface area contributed by atoms with Gasteiger partial charge in [-0.2, -0.15) is 5.10 Å². The fourth-order valence-corrected chi connectivity index (χ4v) is 2.53. The molecule has 0 aliphatic carbocycles. The molecular weight excluding hydrogens is 264 g/mol. The van der Waals surface area contributed by atoms with Crippen molar-refractivity contribution in [3.63, 3.8) is 0 Å². The van der Waals surface area contributed by atoms with Crippen molar-refractivity contribution >= 4 is 22.0 Å². The highest BCUT2D eigenvalue weighted by Crippen LogP contribution is 2.14. The maximum absolute atomic E-state index is 12.3. The van der Waals surface area contributed by atoms with Gasteiger partial charge in [0.15, 0.2) is 0 Å². The summed E-state index contributed by atoms with van der Waals surface area (Å²) in [5, 5.41) is 16.6. The fourth-order valence-electron chi connectivity index (χ4n) is 1.84. The number of fused-ring (bicyclic) bond motifs is 1. The van der Waals surface area contributed by atoms with Gasteiger partial charge >= 0.3 is 0 Å². The first-order valence-electron chi connectivity index (χ1n) is 5.73. The van der Waals surface area contributed by atoms with Crippen molar-refractivity contribution in [3.05, 3.63) is 39.5 Å². The van der Waals surface area contributed by atoms with Crippen LogP contribution in [0.1, 0.15) is 10.7 Å². The van der Waals surface area contributed by atoms with E-state index in [9.17, 15) is 4.79 Å². The third-order valence-electron chi connectivity index (χ3n) is 2.71. The molecule has 19 heavy (non-hydrogen) atoms. The third kappa shape index (κ3) is 2.10. The molecule has 1 N–H and O–H groups in total. The maximum Gasteiger partial charge on any atom is 0.276 e. The summed E-state index contributed by atoms with van der Waals surface area (Å²) in [4.78, 5) is 12.3. The fraction of sp³-hybridized carbons (Fsp3) is 0.273. The Morgan fingerprint density at radius 3 is 2.95 bits per heavy atom. The molecule has 0 unspecified atom stereocenters. The molecule has 0 fully saturated rings. The lowest BCUT2D eigenvalue weighted by atomic mass is 10.4. The lowest BCUT2D eigenvalue weighted by Crippen LogP contribution is -2.21. The van der Waals surface area contributed by atoms with Crippen LogP contribution >= 0.6 is 11.3 Å². The molecule has 0 atom stereocenters. The van der Waals surface area contributed by atoms with Crippen LogP contribution in [0.3, 0.4) is 0 Å². The zero-order valence-electron chi connectivity index (χ0n) is 10.5. The standard InChI is InChI=1S/C11H12N6OS/c1-7-5-8-10(18)16(3-4-17(8)15-7)6-9-13-14-11(12-2)19-9/h3-5H,6H2,1-2H3,(H,12,14). The second-order valence-corrected chi connectivity index (χ2v) is 5.16. The number of rotatable bonds is 3. The monoisotopic (exact) mass is 276 g/mol. The molecule has 0 aromatic carbocycles. The number of anilines is 1. The van der Waals surface area contributed by atoms with Crippen LogP contribution in [0.15, 0.2) is 23.3 Å². The van der Waals surface area contributed by atoms with E-state index in [0.717, 1.165) is 15.8 Å². The van der Waals surface area contributed by atoms with E-state index >= 15 is 0 Å². The summed E-state index contributed by atoms with van der Waals surface area (Å²) in [6.07, 6.45) is 3.48. The highest BCUT2D eigenvalue weighted by atomic mass is 32.1. The van der Waals surface area contributed by atoms with Crippen molar-refractivity contribution in [2.45, 2.75) is 13.5 Å². The number of nitrogens with zero attached hydrogens (tertiary/aromatic N) is 5. The minimum absolute atomic E-state index is 0.0793. The molecule has 0 saturated heterocycles. The molecule has 3 aromatic heterocycles. The van der Waals surface area contributed by atoms with E-state index < -0.39 is 0 Å². The average molecular weight is 276 g/mol. The molecule has 0 amide bonds. The first kappa shape index (κ1) is 11.8. The SMILES string of the molecule is CNc1nnc(Cn2ccn3nc(C)cc3c2=O)s1. The van der Waals surface area contributed by atoms with Crippen LogP contribution in [0.2, 0.25) is 0 Å². The van der Waals surface area contributed by atoms with Crippen LogP contribution in [-0.4, -0.2) is 31.4 Å². The third-order valence-corrected chi connectivity index (χ3v) is 3.64. The first-order valence-corrected chi connectivity index (χ1v) is 6.54. The lowest BCUT2D eigenvalue weighted by Gasteiger charge is -2.02. The lowest BCUT2D eigenvalue weighted by molar-refractivity contribution is 0.729. The molecule has 0 aliphatic heterocycles. The van der Waals surface area contributed by atoms with Crippen molar-refractivity contribution in [2.75, 3.05) is 12.4 Å². The number of hydrogen-bond acceptors (Lipinski definition) is 6. The summed E-state index contributed by atoms with van der Waals surface area (Å²) >= 11 is 1.43. The van der Waals surface area contributed by atoms with Gasteiger partial charge < -0.3 is 9.88 Å². The van der Waals surface area contributed by atoms with Crippen LogP contribution in [0.4, 0.5) is 5.13 Å². The minimum Gasteiger partial charge on any atom is -0.363 e. The van der Waals surface area contributed by atoms with E-state index in [4.69, 9.17) is 0 Å². The molecule has 7 nitrogen and oxygen atoms in total. The summed E-state index contributed by atoms with van der Waals surface area (Å²) in [7, 11) is 1.79. The summed E-state index contributed by atoms with van der Waals surface area (Å²) in [6, 6.07) is 1.78. The number of aryl methyl sites for hydroxylation is 1. The molecule has 0 radical (unpaired) electrons. The zero-order valence-corrected chi connectivity index (χ0v) is 11.3. The second kappa shape index (κ2) is 4.47. The van der Waals surface area contributed by atoms with Gasteiger partial charge in [-0.25, -0.2) is 4.52 Å². The van der Waals surface area contributed by atoms with E-state index in [2.05, 4.69) is 20.6 Å². The van der Waals surface area contributed by atoms with Gasteiger partial charge in [0.2, 0.25) is 5.13 Å². The van der Waals surface area contributed by atoms with Crippen LogP contribution in [0.5, 0.6) is 0 Å². The molecule has 0 bridgehead atoms. The van der Waals surface area contributed by atoms with Gasteiger partial charge in [0.05, 0.1) is 12.2 Å². The molecular formula is C11H12N6OS. The Kier molecular flexibility index (Phi) is 2.79. The van der Waals surface area contributed by atoms with Crippen LogP contribution in [-0.2, 0) is 6.54 Å². The molecule has 3 heterocycles. The zero-order chi connectivity index (χ0) is 13.4. The summed E-state index contributed by atoms with van der Waals surface area (Å²) in [6.45, 7) is 2.28. The minimum atomic E-state index is -0.0793. The van der Waals surface area contributed by atoms with Gasteiger partial charge in [-0.15, -0.1) is 10.2 Å². The van der Waals surface area contributed by atoms with Gasteiger partial charge in [0.25, 0.3) is 5.56 Å². The maximum atomic E-state index is 12.3. The Bertz CT molecular complexity index is 786. The van der Waals surface area contributed by atoms with Crippen LogP contribution < -0.4 is 10.9 Å². The molecule has 8 heteroatoms. The predicted octanol–water partition coefficient (Wildman–Crippen LogP) is 0.746.